The first-order valence-electron chi connectivity index (χ1n) is 9.22. The summed E-state index contributed by atoms with van der Waals surface area (Å²) >= 11 is 7.63. The summed E-state index contributed by atoms with van der Waals surface area (Å²) < 4.78 is 3.21. The third-order valence-electron chi connectivity index (χ3n) is 5.14. The Morgan fingerprint density at radius 3 is 2.48 bits per heavy atom. The first-order valence-corrected chi connectivity index (χ1v) is 10.4. The molecular formula is C22H17ClN4OS. The highest BCUT2D eigenvalue weighted by Gasteiger charge is 2.20. The standard InChI is InChI=1S/C22H17ClN4OS/c1-13-14(2)29-21-18(13)20-24-19(16-6-4-3-5-7-16)25-27(20)22(28)26(21)12-15-8-10-17(23)11-9-15/h3-11H,12H2,1-2H3. The molecule has 0 atom stereocenters. The lowest BCUT2D eigenvalue weighted by Crippen LogP contribution is -2.27. The maximum absolute atomic E-state index is 13.4. The molecule has 144 valence electrons. The van der Waals surface area contributed by atoms with Crippen LogP contribution in [0.25, 0.3) is 27.3 Å². The van der Waals surface area contributed by atoms with E-state index < -0.39 is 0 Å². The van der Waals surface area contributed by atoms with Crippen molar-refractivity contribution in [2.45, 2.75) is 20.4 Å². The van der Waals surface area contributed by atoms with E-state index >= 15 is 0 Å². The van der Waals surface area contributed by atoms with E-state index in [1.807, 2.05) is 54.6 Å². The number of nitrogens with zero attached hydrogens (tertiary/aromatic N) is 4. The molecule has 29 heavy (non-hydrogen) atoms. The summed E-state index contributed by atoms with van der Waals surface area (Å²) in [7, 11) is 0. The van der Waals surface area contributed by atoms with Crippen molar-refractivity contribution in [3.05, 3.63) is 86.1 Å². The zero-order valence-electron chi connectivity index (χ0n) is 15.9. The number of benzene rings is 2. The monoisotopic (exact) mass is 420 g/mol. The molecule has 5 rings (SSSR count). The maximum Gasteiger partial charge on any atom is 0.352 e. The molecule has 2 aromatic carbocycles. The number of fused-ring (bicyclic) bond motifs is 3. The molecule has 0 unspecified atom stereocenters. The second kappa shape index (κ2) is 6.83. The Hall–Kier alpha value is -2.96. The summed E-state index contributed by atoms with van der Waals surface area (Å²) in [5, 5.41) is 6.21. The lowest BCUT2D eigenvalue weighted by molar-refractivity contribution is 0.720. The molecule has 0 spiro atoms. The average Bonchev–Trinajstić information content (AvgIpc) is 3.29. The smallest absolute Gasteiger partial charge is 0.278 e. The van der Waals surface area contributed by atoms with Crippen molar-refractivity contribution in [3.63, 3.8) is 0 Å². The molecule has 0 fully saturated rings. The van der Waals surface area contributed by atoms with Crippen molar-refractivity contribution in [3.8, 4) is 11.4 Å². The van der Waals surface area contributed by atoms with Gasteiger partial charge >= 0.3 is 5.69 Å². The topological polar surface area (TPSA) is 52.2 Å². The number of aromatic nitrogens is 4. The van der Waals surface area contributed by atoms with Crippen LogP contribution < -0.4 is 5.69 Å². The van der Waals surface area contributed by atoms with Gasteiger partial charge in [0.2, 0.25) is 0 Å². The van der Waals surface area contributed by atoms with Gasteiger partial charge in [0, 0.05) is 15.5 Å². The molecule has 3 heterocycles. The number of hydrogen-bond donors (Lipinski definition) is 0. The number of rotatable bonds is 3. The van der Waals surface area contributed by atoms with E-state index in [1.165, 1.54) is 9.39 Å². The molecule has 0 aliphatic heterocycles. The van der Waals surface area contributed by atoms with Crippen molar-refractivity contribution in [1.82, 2.24) is 19.2 Å². The molecule has 0 amide bonds. The number of halogens is 1. The Morgan fingerprint density at radius 1 is 1.03 bits per heavy atom. The van der Waals surface area contributed by atoms with Crippen LogP contribution in [0.1, 0.15) is 16.0 Å². The van der Waals surface area contributed by atoms with Gasteiger partial charge in [0.1, 0.15) is 4.83 Å². The minimum absolute atomic E-state index is 0.196. The quantitative estimate of drug-likeness (QED) is 0.408. The highest BCUT2D eigenvalue weighted by Crippen LogP contribution is 2.32. The van der Waals surface area contributed by atoms with E-state index in [0.29, 0.717) is 23.0 Å². The van der Waals surface area contributed by atoms with Crippen LogP contribution in [0, 0.1) is 13.8 Å². The fourth-order valence-corrected chi connectivity index (χ4v) is 4.76. The van der Waals surface area contributed by atoms with Gasteiger partial charge < -0.3 is 0 Å². The first-order chi connectivity index (χ1) is 14.0. The van der Waals surface area contributed by atoms with E-state index in [4.69, 9.17) is 16.6 Å². The van der Waals surface area contributed by atoms with Gasteiger partial charge in [0.25, 0.3) is 0 Å². The number of hydrogen-bond acceptors (Lipinski definition) is 4. The predicted molar refractivity (Wildman–Crippen MR) is 118 cm³/mol. The molecule has 0 saturated heterocycles. The average molecular weight is 421 g/mol. The molecule has 0 aliphatic carbocycles. The summed E-state index contributed by atoms with van der Waals surface area (Å²) in [6, 6.07) is 17.3. The second-order valence-electron chi connectivity index (χ2n) is 7.00. The predicted octanol–water partition coefficient (Wildman–Crippen LogP) is 5.09. The molecule has 0 saturated carbocycles. The second-order valence-corrected chi connectivity index (χ2v) is 8.64. The van der Waals surface area contributed by atoms with Crippen LogP contribution in [-0.4, -0.2) is 19.2 Å². The van der Waals surface area contributed by atoms with E-state index in [-0.39, 0.29) is 5.69 Å². The van der Waals surface area contributed by atoms with Crippen molar-refractivity contribution in [2.24, 2.45) is 0 Å². The zero-order chi connectivity index (χ0) is 20.1. The molecule has 0 aliphatic rings. The van der Waals surface area contributed by atoms with Gasteiger partial charge in [-0.05, 0) is 37.1 Å². The summed E-state index contributed by atoms with van der Waals surface area (Å²) in [5.74, 6) is 0.552. The fraction of sp³-hybridized carbons (Fsp3) is 0.136. The zero-order valence-corrected chi connectivity index (χ0v) is 17.5. The SMILES string of the molecule is Cc1sc2c(c1C)c1nc(-c3ccccc3)nn1c(=O)n2Cc1ccc(Cl)cc1. The van der Waals surface area contributed by atoms with E-state index in [1.54, 1.807) is 15.9 Å². The Kier molecular flexibility index (Phi) is 4.26. The van der Waals surface area contributed by atoms with Gasteiger partial charge in [-0.15, -0.1) is 16.4 Å². The van der Waals surface area contributed by atoms with Gasteiger partial charge in [0.05, 0.1) is 11.9 Å². The summed E-state index contributed by atoms with van der Waals surface area (Å²) in [4.78, 5) is 20.2. The lowest BCUT2D eigenvalue weighted by Gasteiger charge is -2.09. The Balaban J connectivity index is 1.80. The Morgan fingerprint density at radius 2 is 1.76 bits per heavy atom. The first kappa shape index (κ1) is 18.1. The summed E-state index contributed by atoms with van der Waals surface area (Å²) in [6.45, 7) is 4.59. The Labute approximate surface area is 175 Å². The normalized spacial score (nSPS) is 11.6. The molecule has 7 heteroatoms. The fourth-order valence-electron chi connectivity index (χ4n) is 3.49. The van der Waals surface area contributed by atoms with Crippen LogP contribution >= 0.6 is 22.9 Å². The third kappa shape index (κ3) is 2.96. The highest BCUT2D eigenvalue weighted by molar-refractivity contribution is 7.19. The Bertz CT molecular complexity index is 1420. The number of thiophene rings is 1. The van der Waals surface area contributed by atoms with E-state index in [9.17, 15) is 4.79 Å². The molecular weight excluding hydrogens is 404 g/mol. The molecule has 3 aromatic heterocycles. The van der Waals surface area contributed by atoms with Crippen LogP contribution in [-0.2, 0) is 6.54 Å². The minimum atomic E-state index is -0.196. The van der Waals surface area contributed by atoms with Crippen molar-refractivity contribution >= 4 is 38.8 Å². The van der Waals surface area contributed by atoms with Gasteiger partial charge in [-0.25, -0.2) is 9.78 Å². The maximum atomic E-state index is 13.4. The molecule has 5 nitrogen and oxygen atoms in total. The third-order valence-corrected chi connectivity index (χ3v) is 6.62. The molecule has 0 radical (unpaired) electrons. The molecule has 0 bridgehead atoms. The highest BCUT2D eigenvalue weighted by atomic mass is 35.5. The van der Waals surface area contributed by atoms with E-state index in [2.05, 4.69) is 18.9 Å². The van der Waals surface area contributed by atoms with Crippen LogP contribution in [0.15, 0.2) is 59.4 Å². The van der Waals surface area contributed by atoms with Gasteiger partial charge in [-0.3, -0.25) is 4.57 Å². The summed E-state index contributed by atoms with van der Waals surface area (Å²) in [6.07, 6.45) is 0. The van der Waals surface area contributed by atoms with Crippen LogP contribution in [0.4, 0.5) is 0 Å². The van der Waals surface area contributed by atoms with Crippen molar-refractivity contribution in [1.29, 1.82) is 0 Å². The lowest BCUT2D eigenvalue weighted by atomic mass is 10.2. The minimum Gasteiger partial charge on any atom is -0.278 e. The van der Waals surface area contributed by atoms with Gasteiger partial charge in [-0.1, -0.05) is 54.1 Å². The van der Waals surface area contributed by atoms with Crippen LogP contribution in [0.3, 0.4) is 0 Å². The van der Waals surface area contributed by atoms with Crippen LogP contribution in [0.2, 0.25) is 5.02 Å². The summed E-state index contributed by atoms with van der Waals surface area (Å²) in [5.41, 5.74) is 3.44. The van der Waals surface area contributed by atoms with Gasteiger partial charge in [-0.2, -0.15) is 4.52 Å². The van der Waals surface area contributed by atoms with Crippen molar-refractivity contribution < 1.29 is 0 Å². The van der Waals surface area contributed by atoms with Gasteiger partial charge in [0.15, 0.2) is 11.5 Å². The number of aryl methyl sites for hydroxylation is 2. The van der Waals surface area contributed by atoms with Crippen molar-refractivity contribution in [2.75, 3.05) is 0 Å². The van der Waals surface area contributed by atoms with Crippen LogP contribution in [0.5, 0.6) is 0 Å². The molecule has 0 N–H and O–H groups in total. The molecule has 5 aromatic rings. The van der Waals surface area contributed by atoms with E-state index in [0.717, 1.165) is 26.9 Å². The largest absolute Gasteiger partial charge is 0.352 e.